The number of piperidine rings is 1. The molecule has 1 saturated heterocycles. The summed E-state index contributed by atoms with van der Waals surface area (Å²) in [5.74, 6) is -0.181. The summed E-state index contributed by atoms with van der Waals surface area (Å²) in [4.78, 5) is 13.4. The van der Waals surface area contributed by atoms with Crippen molar-refractivity contribution in [3.05, 3.63) is 35.1 Å². The van der Waals surface area contributed by atoms with Crippen molar-refractivity contribution >= 4 is 5.91 Å². The van der Waals surface area contributed by atoms with Crippen LogP contribution in [-0.4, -0.2) is 37.5 Å². The first-order chi connectivity index (χ1) is 9.60. The van der Waals surface area contributed by atoms with E-state index in [0.29, 0.717) is 23.6 Å². The summed E-state index contributed by atoms with van der Waals surface area (Å²) in [6.07, 6.45) is 2.34. The first-order valence-corrected chi connectivity index (χ1v) is 7.05. The van der Waals surface area contributed by atoms with Crippen LogP contribution in [0.2, 0.25) is 0 Å². The molecule has 4 nitrogen and oxygen atoms in total. The predicted molar refractivity (Wildman–Crippen MR) is 76.8 cm³/mol. The number of nitrogens with two attached hydrogens (primary N) is 1. The van der Waals surface area contributed by atoms with Crippen LogP contribution in [0.5, 0.6) is 0 Å². The highest BCUT2D eigenvalue weighted by atomic mass is 19.1. The van der Waals surface area contributed by atoms with Crippen molar-refractivity contribution < 1.29 is 9.18 Å². The second kappa shape index (κ2) is 6.81. The second-order valence-corrected chi connectivity index (χ2v) is 5.47. The topological polar surface area (TPSA) is 58.4 Å². The lowest BCUT2D eigenvalue weighted by atomic mass is 9.97. The van der Waals surface area contributed by atoms with Gasteiger partial charge in [0.05, 0.1) is 0 Å². The Kier molecular flexibility index (Phi) is 5.09. The van der Waals surface area contributed by atoms with Gasteiger partial charge in [0.2, 0.25) is 5.91 Å². The summed E-state index contributed by atoms with van der Waals surface area (Å²) >= 11 is 0. The van der Waals surface area contributed by atoms with Gasteiger partial charge in [0.25, 0.3) is 0 Å². The summed E-state index contributed by atoms with van der Waals surface area (Å²) in [6, 6.07) is 4.32. The average Bonchev–Trinajstić information content (AvgIpc) is 2.42. The zero-order valence-electron chi connectivity index (χ0n) is 11.9. The third kappa shape index (κ3) is 3.77. The van der Waals surface area contributed by atoms with Crippen LogP contribution in [0, 0.1) is 11.7 Å². The lowest BCUT2D eigenvalue weighted by Gasteiger charge is -2.32. The molecule has 0 spiro atoms. The molecule has 5 heteroatoms. The summed E-state index contributed by atoms with van der Waals surface area (Å²) < 4.78 is 13.8. The maximum Gasteiger partial charge on any atom is 0.248 e. The van der Waals surface area contributed by atoms with Gasteiger partial charge in [-0.25, -0.2) is 4.39 Å². The molecule has 1 unspecified atom stereocenters. The molecule has 1 heterocycles. The maximum absolute atomic E-state index is 13.8. The number of hydrogen-bond donors (Lipinski definition) is 2. The van der Waals surface area contributed by atoms with Gasteiger partial charge in [0, 0.05) is 24.2 Å². The van der Waals surface area contributed by atoms with E-state index in [-0.39, 0.29) is 5.82 Å². The summed E-state index contributed by atoms with van der Waals surface area (Å²) in [6.45, 7) is 3.45. The van der Waals surface area contributed by atoms with Crippen molar-refractivity contribution in [1.82, 2.24) is 10.2 Å². The minimum atomic E-state index is -0.516. The number of carbonyl (C=O) groups is 1. The van der Waals surface area contributed by atoms with E-state index in [1.807, 2.05) is 7.05 Å². The molecule has 1 aromatic carbocycles. The van der Waals surface area contributed by atoms with Crippen molar-refractivity contribution in [2.24, 2.45) is 11.7 Å². The molecule has 1 aliphatic heterocycles. The minimum absolute atomic E-state index is 0.272. The molecular formula is C15H22FN3O. The molecule has 1 aliphatic rings. The minimum Gasteiger partial charge on any atom is -0.366 e. The highest BCUT2D eigenvalue weighted by Crippen LogP contribution is 2.20. The summed E-state index contributed by atoms with van der Waals surface area (Å²) in [5.41, 5.74) is 6.16. The largest absolute Gasteiger partial charge is 0.366 e. The number of rotatable bonds is 5. The van der Waals surface area contributed by atoms with Gasteiger partial charge < -0.3 is 11.1 Å². The fourth-order valence-corrected chi connectivity index (χ4v) is 2.84. The van der Waals surface area contributed by atoms with Crippen LogP contribution < -0.4 is 11.1 Å². The number of nitrogens with zero attached hydrogens (tertiary/aromatic N) is 1. The van der Waals surface area contributed by atoms with E-state index in [1.165, 1.54) is 18.6 Å². The summed E-state index contributed by atoms with van der Waals surface area (Å²) in [7, 11) is 1.95. The Hall–Kier alpha value is -1.46. The fourth-order valence-electron chi connectivity index (χ4n) is 2.84. The Bertz CT molecular complexity index is 476. The quantitative estimate of drug-likeness (QED) is 0.855. The number of hydrogen-bond acceptors (Lipinski definition) is 3. The predicted octanol–water partition coefficient (Wildman–Crippen LogP) is 1.36. The lowest BCUT2D eigenvalue weighted by molar-refractivity contribution is 0.1000. The van der Waals surface area contributed by atoms with Crippen molar-refractivity contribution in [2.45, 2.75) is 19.4 Å². The van der Waals surface area contributed by atoms with Crippen molar-refractivity contribution in [1.29, 1.82) is 0 Å². The van der Waals surface area contributed by atoms with E-state index in [1.54, 1.807) is 6.07 Å². The van der Waals surface area contributed by atoms with E-state index in [0.717, 1.165) is 26.1 Å². The van der Waals surface area contributed by atoms with Crippen LogP contribution >= 0.6 is 0 Å². The molecule has 0 aromatic heterocycles. The van der Waals surface area contributed by atoms with Gasteiger partial charge in [-0.2, -0.15) is 0 Å². The first-order valence-electron chi connectivity index (χ1n) is 7.05. The van der Waals surface area contributed by atoms with E-state index in [9.17, 15) is 9.18 Å². The lowest BCUT2D eigenvalue weighted by Crippen LogP contribution is -2.38. The molecule has 1 amide bonds. The zero-order valence-corrected chi connectivity index (χ0v) is 11.9. The normalized spacial score (nSPS) is 20.0. The van der Waals surface area contributed by atoms with E-state index in [2.05, 4.69) is 10.2 Å². The Morgan fingerprint density at radius 1 is 1.55 bits per heavy atom. The zero-order chi connectivity index (χ0) is 14.5. The molecule has 0 aliphatic carbocycles. The molecule has 1 aromatic rings. The number of primary amides is 1. The molecule has 1 atom stereocenters. The number of likely N-dealkylation sites (tertiary alicyclic amines) is 1. The molecule has 110 valence electrons. The van der Waals surface area contributed by atoms with E-state index < -0.39 is 5.91 Å². The smallest absolute Gasteiger partial charge is 0.248 e. The first kappa shape index (κ1) is 14.9. The van der Waals surface area contributed by atoms with E-state index in [4.69, 9.17) is 5.73 Å². The molecule has 20 heavy (non-hydrogen) atoms. The van der Waals surface area contributed by atoms with Gasteiger partial charge >= 0.3 is 0 Å². The molecule has 0 bridgehead atoms. The Balaban J connectivity index is 2.05. The van der Waals surface area contributed by atoms with Crippen LogP contribution in [0.25, 0.3) is 0 Å². The van der Waals surface area contributed by atoms with E-state index >= 15 is 0 Å². The van der Waals surface area contributed by atoms with Crippen LogP contribution in [0.4, 0.5) is 4.39 Å². The molecule has 0 radical (unpaired) electrons. The summed E-state index contributed by atoms with van der Waals surface area (Å²) in [5, 5.41) is 3.20. The molecule has 3 N–H and O–H groups in total. The fraction of sp³-hybridized carbons (Fsp3) is 0.533. The maximum atomic E-state index is 13.8. The number of amides is 1. The van der Waals surface area contributed by atoms with Gasteiger partial charge in [-0.05, 0) is 57.1 Å². The third-order valence-corrected chi connectivity index (χ3v) is 3.82. The Morgan fingerprint density at radius 2 is 2.35 bits per heavy atom. The van der Waals surface area contributed by atoms with Crippen LogP contribution in [0.15, 0.2) is 18.2 Å². The monoisotopic (exact) mass is 279 g/mol. The number of nitrogens with one attached hydrogen (secondary N) is 1. The molecule has 1 fully saturated rings. The number of halogens is 1. The van der Waals surface area contributed by atoms with Crippen LogP contribution in [0.3, 0.4) is 0 Å². The average molecular weight is 279 g/mol. The van der Waals surface area contributed by atoms with Gasteiger partial charge in [0.15, 0.2) is 0 Å². The van der Waals surface area contributed by atoms with Crippen molar-refractivity contribution in [2.75, 3.05) is 26.7 Å². The Labute approximate surface area is 119 Å². The number of benzene rings is 1. The van der Waals surface area contributed by atoms with Gasteiger partial charge in [-0.3, -0.25) is 9.69 Å². The van der Waals surface area contributed by atoms with Crippen LogP contribution in [-0.2, 0) is 6.54 Å². The standard InChI is InChI=1S/C15H22FN3O/c1-18-8-11-3-2-6-19(9-11)10-13-7-12(15(17)20)4-5-14(13)16/h4-5,7,11,18H,2-3,6,8-10H2,1H3,(H2,17,20). The molecule has 0 saturated carbocycles. The molecule has 2 rings (SSSR count). The SMILES string of the molecule is CNCC1CCCN(Cc2cc(C(N)=O)ccc2F)C1. The van der Waals surface area contributed by atoms with Gasteiger partial charge in [-0.1, -0.05) is 0 Å². The molecular weight excluding hydrogens is 257 g/mol. The Morgan fingerprint density at radius 3 is 3.05 bits per heavy atom. The van der Waals surface area contributed by atoms with Gasteiger partial charge in [0.1, 0.15) is 5.82 Å². The van der Waals surface area contributed by atoms with Crippen molar-refractivity contribution in [3.63, 3.8) is 0 Å². The van der Waals surface area contributed by atoms with Crippen molar-refractivity contribution in [3.8, 4) is 0 Å². The highest BCUT2D eigenvalue weighted by molar-refractivity contribution is 5.92. The van der Waals surface area contributed by atoms with Crippen LogP contribution in [0.1, 0.15) is 28.8 Å². The highest BCUT2D eigenvalue weighted by Gasteiger charge is 2.20. The third-order valence-electron chi connectivity index (χ3n) is 3.82. The van der Waals surface area contributed by atoms with Gasteiger partial charge in [-0.15, -0.1) is 0 Å². The second-order valence-electron chi connectivity index (χ2n) is 5.47. The number of carbonyl (C=O) groups excluding carboxylic acids is 1.